The van der Waals surface area contributed by atoms with E-state index < -0.39 is 5.91 Å². The van der Waals surface area contributed by atoms with E-state index in [9.17, 15) is 9.59 Å². The molecule has 1 aliphatic heterocycles. The Balaban J connectivity index is 1.61. The third-order valence-corrected chi connectivity index (χ3v) is 3.33. The number of nitrogens with one attached hydrogen (secondary N) is 1. The topological polar surface area (TPSA) is 114 Å². The monoisotopic (exact) mass is 291 g/mol. The maximum absolute atomic E-state index is 11.7. The standard InChI is InChI=1S/C12H13N5O4/c1-17-7(2-3-10(17)18)12-15-9(16-21-12)6-13-11(19)8-4-5-14-20-8/h4-5,7H,2-3,6H2,1H3,(H,13,19)/t7-/m0/s1. The molecule has 1 fully saturated rings. The summed E-state index contributed by atoms with van der Waals surface area (Å²) in [5.74, 6) is 0.475. The lowest BCUT2D eigenvalue weighted by atomic mass is 10.2. The van der Waals surface area contributed by atoms with Crippen molar-refractivity contribution in [2.24, 2.45) is 0 Å². The fourth-order valence-corrected chi connectivity index (χ4v) is 2.15. The molecule has 0 saturated carbocycles. The SMILES string of the molecule is CN1C(=O)CC[C@H]1c1nc(CNC(=O)c2ccno2)no1. The molecule has 1 N–H and O–H groups in total. The molecule has 1 atom stereocenters. The lowest BCUT2D eigenvalue weighted by molar-refractivity contribution is -0.127. The van der Waals surface area contributed by atoms with Gasteiger partial charge in [-0.1, -0.05) is 10.3 Å². The fourth-order valence-electron chi connectivity index (χ4n) is 2.15. The average Bonchev–Trinajstić information content (AvgIpc) is 3.20. The maximum atomic E-state index is 11.7. The van der Waals surface area contributed by atoms with Crippen molar-refractivity contribution in [1.29, 1.82) is 0 Å². The predicted molar refractivity (Wildman–Crippen MR) is 66.7 cm³/mol. The van der Waals surface area contributed by atoms with E-state index in [2.05, 4.69) is 20.6 Å². The summed E-state index contributed by atoms with van der Waals surface area (Å²) in [4.78, 5) is 28.9. The van der Waals surface area contributed by atoms with Crippen molar-refractivity contribution < 1.29 is 18.6 Å². The molecular weight excluding hydrogens is 278 g/mol. The van der Waals surface area contributed by atoms with E-state index in [1.807, 2.05) is 0 Å². The molecule has 1 aliphatic rings. The number of nitrogens with zero attached hydrogens (tertiary/aromatic N) is 4. The van der Waals surface area contributed by atoms with Crippen LogP contribution in [0.15, 0.2) is 21.3 Å². The molecule has 0 aromatic carbocycles. The van der Waals surface area contributed by atoms with Crippen molar-refractivity contribution in [2.45, 2.75) is 25.4 Å². The average molecular weight is 291 g/mol. The Labute approximate surface area is 119 Å². The van der Waals surface area contributed by atoms with E-state index in [0.29, 0.717) is 24.6 Å². The highest BCUT2D eigenvalue weighted by Gasteiger charge is 2.33. The van der Waals surface area contributed by atoms with E-state index in [1.165, 1.54) is 12.3 Å². The number of carbonyl (C=O) groups excluding carboxylic acids is 2. The van der Waals surface area contributed by atoms with Gasteiger partial charge in [0.1, 0.15) is 6.04 Å². The largest absolute Gasteiger partial charge is 0.351 e. The molecule has 0 radical (unpaired) electrons. The lowest BCUT2D eigenvalue weighted by Gasteiger charge is -2.14. The molecule has 110 valence electrons. The van der Waals surface area contributed by atoms with Gasteiger partial charge in [-0.25, -0.2) is 0 Å². The van der Waals surface area contributed by atoms with Crippen LogP contribution in [0.5, 0.6) is 0 Å². The number of likely N-dealkylation sites (tertiary alicyclic amines) is 1. The summed E-state index contributed by atoms with van der Waals surface area (Å²) in [7, 11) is 1.70. The van der Waals surface area contributed by atoms with Crippen molar-refractivity contribution in [3.63, 3.8) is 0 Å². The first-order valence-corrected chi connectivity index (χ1v) is 6.42. The van der Waals surface area contributed by atoms with Crippen LogP contribution in [0.1, 0.15) is 41.2 Å². The third kappa shape index (κ3) is 2.62. The number of rotatable bonds is 4. The highest BCUT2D eigenvalue weighted by atomic mass is 16.5. The maximum Gasteiger partial charge on any atom is 0.290 e. The first-order chi connectivity index (χ1) is 10.1. The number of carbonyl (C=O) groups is 2. The second-order valence-corrected chi connectivity index (χ2v) is 4.67. The Morgan fingerprint density at radius 2 is 2.38 bits per heavy atom. The molecule has 9 heteroatoms. The van der Waals surface area contributed by atoms with Gasteiger partial charge < -0.3 is 19.3 Å². The molecular formula is C12H13N5O4. The molecule has 2 amide bonds. The summed E-state index contributed by atoms with van der Waals surface area (Å²) in [6, 6.07) is 1.26. The van der Waals surface area contributed by atoms with Crippen LogP contribution in [0.25, 0.3) is 0 Å². The normalized spacial score (nSPS) is 18.2. The van der Waals surface area contributed by atoms with E-state index in [-0.39, 0.29) is 24.3 Å². The second kappa shape index (κ2) is 5.35. The minimum absolute atomic E-state index is 0.0540. The minimum atomic E-state index is -0.410. The van der Waals surface area contributed by atoms with Crippen molar-refractivity contribution in [1.82, 2.24) is 25.5 Å². The van der Waals surface area contributed by atoms with Gasteiger partial charge in [-0.2, -0.15) is 4.98 Å². The molecule has 2 aromatic heterocycles. The zero-order chi connectivity index (χ0) is 14.8. The Hall–Kier alpha value is -2.71. The van der Waals surface area contributed by atoms with E-state index in [4.69, 9.17) is 9.05 Å². The lowest BCUT2D eigenvalue weighted by Crippen LogP contribution is -2.24. The van der Waals surface area contributed by atoms with Gasteiger partial charge in [0.2, 0.25) is 17.6 Å². The van der Waals surface area contributed by atoms with Crippen molar-refractivity contribution in [2.75, 3.05) is 7.05 Å². The van der Waals surface area contributed by atoms with Crippen LogP contribution in [0, 0.1) is 0 Å². The smallest absolute Gasteiger partial charge is 0.290 e. The van der Waals surface area contributed by atoms with E-state index >= 15 is 0 Å². The van der Waals surface area contributed by atoms with Crippen LogP contribution in [0.2, 0.25) is 0 Å². The second-order valence-electron chi connectivity index (χ2n) is 4.67. The summed E-state index contributed by atoms with van der Waals surface area (Å²) in [5.41, 5.74) is 0. The highest BCUT2D eigenvalue weighted by molar-refractivity contribution is 5.91. The number of hydrogen-bond acceptors (Lipinski definition) is 7. The van der Waals surface area contributed by atoms with Gasteiger partial charge in [0.05, 0.1) is 12.7 Å². The van der Waals surface area contributed by atoms with Gasteiger partial charge in [-0.15, -0.1) is 0 Å². The van der Waals surface area contributed by atoms with Gasteiger partial charge in [0.25, 0.3) is 5.91 Å². The minimum Gasteiger partial charge on any atom is -0.351 e. The van der Waals surface area contributed by atoms with Gasteiger partial charge >= 0.3 is 0 Å². The zero-order valence-electron chi connectivity index (χ0n) is 11.3. The van der Waals surface area contributed by atoms with Gasteiger partial charge in [0.15, 0.2) is 5.82 Å². The van der Waals surface area contributed by atoms with Crippen LogP contribution in [0.3, 0.4) is 0 Å². The summed E-state index contributed by atoms with van der Waals surface area (Å²) >= 11 is 0. The Kier molecular flexibility index (Phi) is 3.38. The van der Waals surface area contributed by atoms with Crippen LogP contribution < -0.4 is 5.32 Å². The van der Waals surface area contributed by atoms with Crippen LogP contribution in [0.4, 0.5) is 0 Å². The number of amides is 2. The number of hydrogen-bond donors (Lipinski definition) is 1. The Bertz CT molecular complexity index is 650. The summed E-state index contributed by atoms with van der Waals surface area (Å²) in [5, 5.41) is 9.82. The first-order valence-electron chi connectivity index (χ1n) is 6.42. The van der Waals surface area contributed by atoms with Crippen LogP contribution in [-0.4, -0.2) is 39.1 Å². The predicted octanol–water partition coefficient (Wildman–Crippen LogP) is 0.281. The molecule has 1 saturated heterocycles. The van der Waals surface area contributed by atoms with Gasteiger partial charge in [-0.3, -0.25) is 9.59 Å². The number of aromatic nitrogens is 3. The molecule has 3 rings (SSSR count). The summed E-state index contributed by atoms with van der Waals surface area (Å²) in [6.45, 7) is 0.105. The fraction of sp³-hybridized carbons (Fsp3) is 0.417. The Morgan fingerprint density at radius 3 is 3.05 bits per heavy atom. The molecule has 3 heterocycles. The van der Waals surface area contributed by atoms with Crippen molar-refractivity contribution in [3.05, 3.63) is 29.7 Å². The first kappa shape index (κ1) is 13.3. The van der Waals surface area contributed by atoms with Crippen molar-refractivity contribution in [3.8, 4) is 0 Å². The van der Waals surface area contributed by atoms with Crippen LogP contribution in [-0.2, 0) is 11.3 Å². The van der Waals surface area contributed by atoms with Gasteiger partial charge in [0, 0.05) is 19.5 Å². The van der Waals surface area contributed by atoms with E-state index in [1.54, 1.807) is 11.9 Å². The Morgan fingerprint density at radius 1 is 1.52 bits per heavy atom. The highest BCUT2D eigenvalue weighted by Crippen LogP contribution is 2.29. The zero-order valence-corrected chi connectivity index (χ0v) is 11.3. The summed E-state index contributed by atoms with van der Waals surface area (Å²) in [6.07, 6.45) is 2.51. The molecule has 0 spiro atoms. The molecule has 2 aromatic rings. The molecule has 0 unspecified atom stereocenters. The van der Waals surface area contributed by atoms with E-state index in [0.717, 1.165) is 0 Å². The van der Waals surface area contributed by atoms with Gasteiger partial charge in [-0.05, 0) is 6.42 Å². The molecule has 21 heavy (non-hydrogen) atoms. The quantitative estimate of drug-likeness (QED) is 0.860. The van der Waals surface area contributed by atoms with Crippen LogP contribution >= 0.6 is 0 Å². The molecule has 9 nitrogen and oxygen atoms in total. The summed E-state index contributed by atoms with van der Waals surface area (Å²) < 4.78 is 9.87. The molecule has 0 aliphatic carbocycles. The third-order valence-electron chi connectivity index (χ3n) is 3.33. The van der Waals surface area contributed by atoms with Crippen molar-refractivity contribution >= 4 is 11.8 Å². The molecule has 0 bridgehead atoms.